The summed E-state index contributed by atoms with van der Waals surface area (Å²) in [5, 5.41) is 0. The Bertz CT molecular complexity index is 887. The van der Waals surface area contributed by atoms with Crippen molar-refractivity contribution < 1.29 is 22.6 Å². The van der Waals surface area contributed by atoms with E-state index in [4.69, 9.17) is 9.47 Å². The predicted molar refractivity (Wildman–Crippen MR) is 76.6 cm³/mol. The van der Waals surface area contributed by atoms with E-state index < -0.39 is 11.7 Å². The van der Waals surface area contributed by atoms with Gasteiger partial charge in [-0.3, -0.25) is 0 Å². The summed E-state index contributed by atoms with van der Waals surface area (Å²) in [5.41, 5.74) is 1.06. The van der Waals surface area contributed by atoms with E-state index in [9.17, 15) is 13.2 Å². The molecule has 0 spiro atoms. The third-order valence-corrected chi connectivity index (χ3v) is 3.62. The van der Waals surface area contributed by atoms with Crippen molar-refractivity contribution in [3.63, 3.8) is 0 Å². The highest BCUT2D eigenvalue weighted by Crippen LogP contribution is 2.35. The lowest BCUT2D eigenvalue weighted by Crippen LogP contribution is -2.15. The fraction of sp³-hybridized carbons (Fsp3) is 0.188. The minimum Gasteiger partial charge on any atom is -0.486 e. The first-order chi connectivity index (χ1) is 11.0. The van der Waals surface area contributed by atoms with E-state index in [2.05, 4.69) is 4.98 Å². The van der Waals surface area contributed by atoms with Crippen molar-refractivity contribution in [2.75, 3.05) is 13.2 Å². The molecule has 0 atom stereocenters. The number of nitrogens with zero attached hydrogens (tertiary/aromatic N) is 2. The lowest BCUT2D eigenvalue weighted by molar-refractivity contribution is -0.137. The molecule has 0 saturated heterocycles. The van der Waals surface area contributed by atoms with Crippen LogP contribution in [0, 0.1) is 0 Å². The second-order valence-corrected chi connectivity index (χ2v) is 5.17. The van der Waals surface area contributed by atoms with Crippen LogP contribution in [0.2, 0.25) is 0 Å². The van der Waals surface area contributed by atoms with Crippen molar-refractivity contribution in [3.8, 4) is 22.8 Å². The highest BCUT2D eigenvalue weighted by Gasteiger charge is 2.30. The van der Waals surface area contributed by atoms with Gasteiger partial charge >= 0.3 is 6.18 Å². The van der Waals surface area contributed by atoms with Gasteiger partial charge in [-0.15, -0.1) is 0 Å². The molecular weight excluding hydrogens is 309 g/mol. The first-order valence-corrected chi connectivity index (χ1v) is 6.97. The van der Waals surface area contributed by atoms with E-state index in [0.717, 1.165) is 17.8 Å². The average Bonchev–Trinajstić information content (AvgIpc) is 2.96. The van der Waals surface area contributed by atoms with Gasteiger partial charge < -0.3 is 13.9 Å². The highest BCUT2D eigenvalue weighted by molar-refractivity contribution is 5.66. The third kappa shape index (κ3) is 2.48. The molecule has 0 fully saturated rings. The Hall–Kier alpha value is -2.70. The number of hydrogen-bond donors (Lipinski definition) is 0. The first kappa shape index (κ1) is 13.9. The van der Waals surface area contributed by atoms with E-state index >= 15 is 0 Å². The zero-order valence-corrected chi connectivity index (χ0v) is 11.8. The normalized spacial score (nSPS) is 14.2. The molecule has 118 valence electrons. The van der Waals surface area contributed by atoms with Gasteiger partial charge in [0.05, 0.1) is 11.3 Å². The van der Waals surface area contributed by atoms with Crippen LogP contribution in [0.4, 0.5) is 13.2 Å². The van der Waals surface area contributed by atoms with Gasteiger partial charge in [0.25, 0.3) is 0 Å². The molecule has 3 aromatic rings. The molecule has 0 bridgehead atoms. The number of ether oxygens (including phenoxy) is 2. The fourth-order valence-corrected chi connectivity index (χ4v) is 2.50. The lowest BCUT2D eigenvalue weighted by Gasteiger charge is -2.18. The van der Waals surface area contributed by atoms with Crippen molar-refractivity contribution in [2.24, 2.45) is 0 Å². The Morgan fingerprint density at radius 3 is 2.52 bits per heavy atom. The number of imidazole rings is 1. The summed E-state index contributed by atoms with van der Waals surface area (Å²) in [6, 6.07) is 7.73. The standard InChI is InChI=1S/C16H11F3N2O2/c17-16(18,19)11-2-4-15-20-12(9-21(15)8-11)10-1-3-13-14(7-10)23-6-5-22-13/h1-4,7-9H,5-6H2. The molecule has 0 aliphatic carbocycles. The van der Waals surface area contributed by atoms with Gasteiger partial charge in [0.1, 0.15) is 18.9 Å². The van der Waals surface area contributed by atoms with E-state index in [-0.39, 0.29) is 0 Å². The molecule has 0 unspecified atom stereocenters. The summed E-state index contributed by atoms with van der Waals surface area (Å²) in [4.78, 5) is 4.35. The summed E-state index contributed by atoms with van der Waals surface area (Å²) < 4.78 is 50.6. The molecule has 0 saturated carbocycles. The summed E-state index contributed by atoms with van der Waals surface area (Å²) in [6.07, 6.45) is -1.78. The molecule has 4 rings (SSSR count). The molecule has 23 heavy (non-hydrogen) atoms. The Labute approximate surface area is 129 Å². The SMILES string of the molecule is FC(F)(F)c1ccc2nc(-c3ccc4c(c3)OCCO4)cn2c1. The number of hydrogen-bond acceptors (Lipinski definition) is 3. The molecule has 1 aliphatic rings. The highest BCUT2D eigenvalue weighted by atomic mass is 19.4. The van der Waals surface area contributed by atoms with E-state index in [0.29, 0.717) is 36.1 Å². The van der Waals surface area contributed by atoms with Gasteiger partial charge in [0, 0.05) is 18.0 Å². The van der Waals surface area contributed by atoms with E-state index in [1.165, 1.54) is 10.5 Å². The number of fused-ring (bicyclic) bond motifs is 2. The van der Waals surface area contributed by atoms with E-state index in [1.807, 2.05) is 0 Å². The van der Waals surface area contributed by atoms with Gasteiger partial charge in [0.2, 0.25) is 0 Å². The van der Waals surface area contributed by atoms with Crippen LogP contribution >= 0.6 is 0 Å². The fourth-order valence-electron chi connectivity index (χ4n) is 2.50. The van der Waals surface area contributed by atoms with Crippen molar-refractivity contribution in [3.05, 3.63) is 48.3 Å². The molecule has 7 heteroatoms. The Morgan fingerprint density at radius 1 is 0.957 bits per heavy atom. The maximum Gasteiger partial charge on any atom is 0.417 e. The molecule has 3 heterocycles. The second kappa shape index (κ2) is 4.91. The first-order valence-electron chi connectivity index (χ1n) is 6.97. The van der Waals surface area contributed by atoms with Crippen molar-refractivity contribution in [1.82, 2.24) is 9.38 Å². The van der Waals surface area contributed by atoms with E-state index in [1.54, 1.807) is 24.4 Å². The largest absolute Gasteiger partial charge is 0.486 e. The second-order valence-electron chi connectivity index (χ2n) is 5.17. The number of benzene rings is 1. The summed E-state index contributed by atoms with van der Waals surface area (Å²) in [7, 11) is 0. The monoisotopic (exact) mass is 320 g/mol. The topological polar surface area (TPSA) is 35.8 Å². The van der Waals surface area contributed by atoms with Crippen molar-refractivity contribution >= 4 is 5.65 Å². The number of pyridine rings is 1. The van der Waals surface area contributed by atoms with Crippen molar-refractivity contribution in [2.45, 2.75) is 6.18 Å². The molecule has 0 N–H and O–H groups in total. The predicted octanol–water partition coefficient (Wildman–Crippen LogP) is 3.79. The van der Waals surface area contributed by atoms with Crippen LogP contribution in [0.5, 0.6) is 11.5 Å². The minimum absolute atomic E-state index is 0.447. The molecule has 2 aromatic heterocycles. The number of aromatic nitrogens is 2. The third-order valence-electron chi connectivity index (χ3n) is 3.62. The van der Waals surface area contributed by atoms with Crippen molar-refractivity contribution in [1.29, 1.82) is 0 Å². The summed E-state index contributed by atoms with van der Waals surface area (Å²) in [6.45, 7) is 0.970. The molecule has 4 nitrogen and oxygen atoms in total. The smallest absolute Gasteiger partial charge is 0.417 e. The van der Waals surface area contributed by atoms with Gasteiger partial charge in [-0.05, 0) is 30.3 Å². The summed E-state index contributed by atoms with van der Waals surface area (Å²) in [5.74, 6) is 1.27. The van der Waals surface area contributed by atoms with Gasteiger partial charge in [-0.25, -0.2) is 4.98 Å². The zero-order valence-electron chi connectivity index (χ0n) is 11.8. The van der Waals surface area contributed by atoms with Crippen LogP contribution in [0.3, 0.4) is 0 Å². The summed E-state index contributed by atoms with van der Waals surface area (Å²) >= 11 is 0. The van der Waals surface area contributed by atoms with Gasteiger partial charge in [-0.2, -0.15) is 13.2 Å². The number of alkyl halides is 3. The lowest BCUT2D eigenvalue weighted by atomic mass is 10.1. The number of rotatable bonds is 1. The molecule has 1 aromatic carbocycles. The minimum atomic E-state index is -4.38. The number of halogens is 3. The Morgan fingerprint density at radius 2 is 1.74 bits per heavy atom. The van der Waals surface area contributed by atoms with Crippen LogP contribution in [0.1, 0.15) is 5.56 Å². The molecular formula is C16H11F3N2O2. The van der Waals surface area contributed by atoms with Crippen LogP contribution in [-0.4, -0.2) is 22.6 Å². The van der Waals surface area contributed by atoms with Gasteiger partial charge in [0.15, 0.2) is 11.5 Å². The molecule has 0 amide bonds. The molecule has 0 radical (unpaired) electrons. The maximum absolute atomic E-state index is 12.8. The Balaban J connectivity index is 1.77. The van der Waals surface area contributed by atoms with Crippen LogP contribution in [-0.2, 0) is 6.18 Å². The molecule has 1 aliphatic heterocycles. The van der Waals surface area contributed by atoms with Gasteiger partial charge in [-0.1, -0.05) is 0 Å². The quantitative estimate of drug-likeness (QED) is 0.684. The van der Waals surface area contributed by atoms with Crippen LogP contribution < -0.4 is 9.47 Å². The zero-order chi connectivity index (χ0) is 16.0. The average molecular weight is 320 g/mol. The Kier molecular flexibility index (Phi) is 2.97. The van der Waals surface area contributed by atoms with Crippen LogP contribution in [0.25, 0.3) is 16.9 Å². The van der Waals surface area contributed by atoms with Crippen LogP contribution in [0.15, 0.2) is 42.7 Å². The maximum atomic E-state index is 12.8.